The van der Waals surface area contributed by atoms with Gasteiger partial charge in [0.05, 0.1) is 56.9 Å². The molecule has 0 aromatic carbocycles. The summed E-state index contributed by atoms with van der Waals surface area (Å²) in [6, 6.07) is 0.392. The van der Waals surface area contributed by atoms with Gasteiger partial charge in [0.15, 0.2) is 0 Å². The highest BCUT2D eigenvalue weighted by atomic mass is 16.3. The van der Waals surface area contributed by atoms with Gasteiger partial charge in [-0.3, -0.25) is 19.7 Å². The zero-order chi connectivity index (χ0) is 22.8. The Labute approximate surface area is 182 Å². The van der Waals surface area contributed by atoms with E-state index in [0.29, 0.717) is 51.4 Å². The first kappa shape index (κ1) is 25.8. The van der Waals surface area contributed by atoms with Gasteiger partial charge in [0.2, 0.25) is 0 Å². The molecule has 0 aliphatic carbocycles. The summed E-state index contributed by atoms with van der Waals surface area (Å²) >= 11 is 0. The van der Waals surface area contributed by atoms with Gasteiger partial charge in [-0.2, -0.15) is 0 Å². The van der Waals surface area contributed by atoms with Crippen LogP contribution in [0.1, 0.15) is 5.56 Å². The van der Waals surface area contributed by atoms with Crippen LogP contribution in [0.3, 0.4) is 0 Å². The number of rotatable bonds is 10. The molecule has 0 unspecified atom stereocenters. The molecule has 1 aromatic rings. The molecule has 2 rings (SSSR count). The maximum Gasteiger partial charge on any atom is 0.138 e. The Hall–Kier alpha value is -1.41. The molecule has 0 saturated carbocycles. The predicted molar refractivity (Wildman–Crippen MR) is 112 cm³/mol. The average molecular weight is 445 g/mol. The molecule has 11 heteroatoms. The highest BCUT2D eigenvalue weighted by Crippen LogP contribution is 2.18. The van der Waals surface area contributed by atoms with Gasteiger partial charge >= 0.3 is 0 Å². The highest BCUT2D eigenvalue weighted by molar-refractivity contribution is 5.27. The van der Waals surface area contributed by atoms with Crippen molar-refractivity contribution in [3.8, 4) is 5.75 Å². The van der Waals surface area contributed by atoms with Crippen LogP contribution in [0.25, 0.3) is 0 Å². The summed E-state index contributed by atoms with van der Waals surface area (Å²) in [5.74, 6) is 0.0870. The third-order valence-corrected chi connectivity index (χ3v) is 5.94. The first-order valence-electron chi connectivity index (χ1n) is 10.6. The van der Waals surface area contributed by atoms with Crippen molar-refractivity contribution in [3.05, 3.63) is 24.0 Å². The zero-order valence-electron chi connectivity index (χ0n) is 17.7. The number of nitrogens with zero attached hydrogens (tertiary/aromatic N) is 4. The van der Waals surface area contributed by atoms with Gasteiger partial charge < -0.3 is 35.7 Å². The predicted octanol–water partition coefficient (Wildman–Crippen LogP) is -3.36. The topological polar surface area (TPSA) is 164 Å². The van der Waals surface area contributed by atoms with Crippen LogP contribution in [0, 0.1) is 0 Å². The van der Waals surface area contributed by atoms with E-state index in [1.54, 1.807) is 12.3 Å². The first-order chi connectivity index (χ1) is 14.9. The molecule has 1 saturated heterocycles. The van der Waals surface area contributed by atoms with Crippen LogP contribution in [0.2, 0.25) is 0 Å². The van der Waals surface area contributed by atoms with Crippen molar-refractivity contribution in [2.24, 2.45) is 0 Å². The minimum absolute atomic E-state index is 0.0870. The van der Waals surface area contributed by atoms with Crippen molar-refractivity contribution in [1.82, 2.24) is 19.7 Å². The smallest absolute Gasteiger partial charge is 0.138 e. The van der Waals surface area contributed by atoms with Crippen LogP contribution in [0.15, 0.2) is 18.5 Å². The van der Waals surface area contributed by atoms with Crippen molar-refractivity contribution in [2.75, 3.05) is 65.7 Å². The largest absolute Gasteiger partial charge is 0.506 e. The van der Waals surface area contributed by atoms with Gasteiger partial charge in [-0.25, -0.2) is 0 Å². The van der Waals surface area contributed by atoms with Gasteiger partial charge in [0.25, 0.3) is 0 Å². The molecule has 178 valence electrons. The number of aromatic hydroxyl groups is 1. The second-order valence-electron chi connectivity index (χ2n) is 7.85. The standard InChI is InChI=1S/C20H36N4O7/c25-11-16(19(30)13-27)23-5-3-22(10-15-1-2-21-9-18(15)29)4-6-24(8-7-23)17(12-26)20(31)14-28/h1-2,9,16-17,19-20,25-31H,3-8,10-14H2/t16-,17-,19-,20-/m1/s1. The average Bonchev–Trinajstić information content (AvgIpc) is 2.88. The zero-order valence-corrected chi connectivity index (χ0v) is 17.7. The van der Waals surface area contributed by atoms with Crippen LogP contribution in [-0.2, 0) is 6.54 Å². The molecule has 7 N–H and O–H groups in total. The van der Waals surface area contributed by atoms with E-state index in [0.717, 1.165) is 0 Å². The SMILES string of the molecule is OC[C@@H](O)[C@@H](CO)N1CCN(Cc2ccncc2O)CCN([C@H](CO)[C@H](O)CO)CC1. The van der Waals surface area contributed by atoms with Crippen molar-refractivity contribution in [1.29, 1.82) is 0 Å². The molecule has 0 spiro atoms. The van der Waals surface area contributed by atoms with E-state index in [1.165, 1.54) is 6.20 Å². The maximum atomic E-state index is 10.2. The summed E-state index contributed by atoms with van der Waals surface area (Å²) in [6.45, 7) is 1.76. The molecule has 0 radical (unpaired) electrons. The molecule has 1 fully saturated rings. The Balaban J connectivity index is 2.24. The molecule has 4 atom stereocenters. The minimum atomic E-state index is -1.12. The lowest BCUT2D eigenvalue weighted by Gasteiger charge is -2.36. The lowest BCUT2D eigenvalue weighted by Crippen LogP contribution is -2.53. The Bertz CT molecular complexity index is 611. The number of aliphatic hydroxyl groups excluding tert-OH is 6. The van der Waals surface area contributed by atoms with E-state index in [-0.39, 0.29) is 19.0 Å². The number of aliphatic hydroxyl groups is 6. The molecule has 2 heterocycles. The number of hydrogen-bond acceptors (Lipinski definition) is 11. The molecule has 0 amide bonds. The summed E-state index contributed by atoms with van der Waals surface area (Å²) in [7, 11) is 0. The Morgan fingerprint density at radius 2 is 1.26 bits per heavy atom. The molecule has 0 bridgehead atoms. The van der Waals surface area contributed by atoms with Gasteiger partial charge in [-0.15, -0.1) is 0 Å². The second kappa shape index (κ2) is 13.2. The van der Waals surface area contributed by atoms with E-state index >= 15 is 0 Å². The van der Waals surface area contributed by atoms with Crippen LogP contribution >= 0.6 is 0 Å². The van der Waals surface area contributed by atoms with Gasteiger partial charge in [0, 0.05) is 57.6 Å². The summed E-state index contributed by atoms with van der Waals surface area (Å²) in [6.07, 6.45) is 0.744. The summed E-state index contributed by atoms with van der Waals surface area (Å²) in [4.78, 5) is 9.72. The van der Waals surface area contributed by atoms with Crippen LogP contribution in [-0.4, -0.2) is 145 Å². The van der Waals surface area contributed by atoms with E-state index in [9.17, 15) is 35.7 Å². The summed E-state index contributed by atoms with van der Waals surface area (Å²) < 4.78 is 0. The fraction of sp³-hybridized carbons (Fsp3) is 0.750. The first-order valence-corrected chi connectivity index (χ1v) is 10.6. The van der Waals surface area contributed by atoms with E-state index in [1.807, 2.05) is 9.80 Å². The fourth-order valence-corrected chi connectivity index (χ4v) is 3.95. The van der Waals surface area contributed by atoms with Crippen molar-refractivity contribution in [3.63, 3.8) is 0 Å². The number of aromatic nitrogens is 1. The maximum absolute atomic E-state index is 10.2. The molecule has 31 heavy (non-hydrogen) atoms. The van der Waals surface area contributed by atoms with Crippen LogP contribution in [0.4, 0.5) is 0 Å². The molecule has 1 aliphatic heterocycles. The normalized spacial score (nSPS) is 21.6. The van der Waals surface area contributed by atoms with Crippen molar-refractivity contribution in [2.45, 2.75) is 30.8 Å². The van der Waals surface area contributed by atoms with Crippen LogP contribution in [0.5, 0.6) is 5.75 Å². The second-order valence-corrected chi connectivity index (χ2v) is 7.85. The minimum Gasteiger partial charge on any atom is -0.506 e. The van der Waals surface area contributed by atoms with E-state index in [4.69, 9.17) is 0 Å². The molecule has 1 aliphatic rings. The number of pyridine rings is 1. The monoisotopic (exact) mass is 444 g/mol. The highest BCUT2D eigenvalue weighted by Gasteiger charge is 2.30. The molecule has 1 aromatic heterocycles. The van der Waals surface area contributed by atoms with E-state index in [2.05, 4.69) is 9.88 Å². The van der Waals surface area contributed by atoms with Crippen LogP contribution < -0.4 is 0 Å². The number of hydrogen-bond donors (Lipinski definition) is 7. The van der Waals surface area contributed by atoms with Gasteiger partial charge in [0.1, 0.15) is 5.75 Å². The fourth-order valence-electron chi connectivity index (χ4n) is 3.95. The lowest BCUT2D eigenvalue weighted by molar-refractivity contribution is -0.0301. The Morgan fingerprint density at radius 1 is 0.774 bits per heavy atom. The van der Waals surface area contributed by atoms with Gasteiger partial charge in [-0.05, 0) is 6.07 Å². The lowest BCUT2D eigenvalue weighted by atomic mass is 10.1. The third kappa shape index (κ3) is 7.31. The Morgan fingerprint density at radius 3 is 1.68 bits per heavy atom. The van der Waals surface area contributed by atoms with Crippen molar-refractivity contribution >= 4 is 0 Å². The van der Waals surface area contributed by atoms with Crippen molar-refractivity contribution < 1.29 is 35.7 Å². The molecule has 11 nitrogen and oxygen atoms in total. The molecular weight excluding hydrogens is 408 g/mol. The Kier molecular flexibility index (Phi) is 11.0. The van der Waals surface area contributed by atoms with Gasteiger partial charge in [-0.1, -0.05) is 0 Å². The molecular formula is C20H36N4O7. The van der Waals surface area contributed by atoms with E-state index < -0.39 is 37.5 Å². The summed E-state index contributed by atoms with van der Waals surface area (Å²) in [5.41, 5.74) is 0.704. The third-order valence-electron chi connectivity index (χ3n) is 5.94. The quantitative estimate of drug-likeness (QED) is 0.193. The summed E-state index contributed by atoms with van der Waals surface area (Å²) in [5, 5.41) is 68.8.